The molecule has 1 heterocycles. The van der Waals surface area contributed by atoms with Crippen LogP contribution in [0.2, 0.25) is 0 Å². The highest BCUT2D eigenvalue weighted by atomic mass is 79.9. The van der Waals surface area contributed by atoms with Crippen LogP contribution in [0.4, 0.5) is 4.39 Å². The van der Waals surface area contributed by atoms with Crippen LogP contribution in [0.1, 0.15) is 36.1 Å². The van der Waals surface area contributed by atoms with E-state index >= 15 is 0 Å². The minimum Gasteiger partial charge on any atom is -0.342 e. The summed E-state index contributed by atoms with van der Waals surface area (Å²) in [5, 5.41) is 2.88. The predicted octanol–water partition coefficient (Wildman–Crippen LogP) is 4.59. The van der Waals surface area contributed by atoms with Crippen LogP contribution in [0.25, 0.3) is 11.0 Å². The fourth-order valence-corrected chi connectivity index (χ4v) is 2.90. The first-order valence-electron chi connectivity index (χ1n) is 7.66. The van der Waals surface area contributed by atoms with E-state index in [0.29, 0.717) is 10.3 Å². The Hall–Kier alpha value is -2.21. The third-order valence-corrected chi connectivity index (χ3v) is 4.32. The van der Waals surface area contributed by atoms with E-state index in [-0.39, 0.29) is 17.5 Å². The van der Waals surface area contributed by atoms with Gasteiger partial charge in [0.05, 0.1) is 22.6 Å². The van der Waals surface area contributed by atoms with Crippen LogP contribution < -0.4 is 5.32 Å². The summed E-state index contributed by atoms with van der Waals surface area (Å²) in [6, 6.07) is 11.7. The average Bonchev–Trinajstić information content (AvgIpc) is 2.95. The lowest BCUT2D eigenvalue weighted by atomic mass is 10.0. The smallest absolute Gasteiger partial charge is 0.254 e. The Labute approximate surface area is 147 Å². The minimum atomic E-state index is -0.561. The van der Waals surface area contributed by atoms with Gasteiger partial charge in [-0.25, -0.2) is 9.37 Å². The summed E-state index contributed by atoms with van der Waals surface area (Å²) in [5.41, 5.74) is 1.75. The lowest BCUT2D eigenvalue weighted by molar-refractivity contribution is 0.0919. The Morgan fingerprint density at radius 1 is 1.25 bits per heavy atom. The van der Waals surface area contributed by atoms with Crippen LogP contribution in [-0.4, -0.2) is 15.9 Å². The van der Waals surface area contributed by atoms with Crippen molar-refractivity contribution in [2.75, 3.05) is 0 Å². The average molecular weight is 390 g/mol. The fourth-order valence-electron chi connectivity index (χ4n) is 2.56. The van der Waals surface area contributed by atoms with Crippen molar-refractivity contribution in [1.29, 1.82) is 0 Å². The SMILES string of the molecule is CC(C)[C@@H](NC(=O)c1ccc(Br)cc1F)c1nc2ccccc2[nH]1. The van der Waals surface area contributed by atoms with Crippen molar-refractivity contribution < 1.29 is 9.18 Å². The number of hydrogen-bond donors (Lipinski definition) is 2. The molecule has 0 unspecified atom stereocenters. The summed E-state index contributed by atoms with van der Waals surface area (Å²) < 4.78 is 14.6. The lowest BCUT2D eigenvalue weighted by Crippen LogP contribution is -2.33. The van der Waals surface area contributed by atoms with Crippen molar-refractivity contribution in [2.45, 2.75) is 19.9 Å². The second kappa shape index (κ2) is 6.73. The number of nitrogens with one attached hydrogen (secondary N) is 2. The summed E-state index contributed by atoms with van der Waals surface area (Å²) in [6.07, 6.45) is 0. The number of aromatic nitrogens is 2. The molecular weight excluding hydrogens is 373 g/mol. The molecule has 1 aromatic heterocycles. The van der Waals surface area contributed by atoms with E-state index in [1.807, 2.05) is 38.1 Å². The molecule has 0 radical (unpaired) electrons. The van der Waals surface area contributed by atoms with E-state index in [1.165, 1.54) is 12.1 Å². The maximum absolute atomic E-state index is 14.0. The molecule has 0 fully saturated rings. The van der Waals surface area contributed by atoms with Gasteiger partial charge in [-0.2, -0.15) is 0 Å². The van der Waals surface area contributed by atoms with Crippen LogP contribution >= 0.6 is 15.9 Å². The number of nitrogens with zero attached hydrogens (tertiary/aromatic N) is 1. The predicted molar refractivity (Wildman–Crippen MR) is 95.2 cm³/mol. The molecule has 0 bridgehead atoms. The van der Waals surface area contributed by atoms with Crippen molar-refractivity contribution >= 4 is 32.9 Å². The summed E-state index contributed by atoms with van der Waals surface area (Å²) in [7, 11) is 0. The van der Waals surface area contributed by atoms with Gasteiger partial charge in [0.25, 0.3) is 5.91 Å². The number of imidazole rings is 1. The quantitative estimate of drug-likeness (QED) is 0.685. The Morgan fingerprint density at radius 2 is 2.00 bits per heavy atom. The van der Waals surface area contributed by atoms with Crippen molar-refractivity contribution in [2.24, 2.45) is 5.92 Å². The number of amides is 1. The number of aromatic amines is 1. The molecule has 124 valence electrons. The standard InChI is InChI=1S/C18H17BrFN3O/c1-10(2)16(17-21-14-5-3-4-6-15(14)22-17)23-18(24)12-8-7-11(19)9-13(12)20/h3-10,16H,1-2H3,(H,21,22)(H,23,24)/t16-/m1/s1. The summed E-state index contributed by atoms with van der Waals surface area (Å²) in [6.45, 7) is 3.96. The normalized spacial score (nSPS) is 12.5. The Kier molecular flexibility index (Phi) is 4.66. The van der Waals surface area contributed by atoms with Crippen molar-refractivity contribution in [3.8, 4) is 0 Å². The number of hydrogen-bond acceptors (Lipinski definition) is 2. The third kappa shape index (κ3) is 3.33. The second-order valence-electron chi connectivity index (χ2n) is 5.96. The van der Waals surface area contributed by atoms with E-state index in [4.69, 9.17) is 0 Å². The van der Waals surface area contributed by atoms with E-state index < -0.39 is 11.7 Å². The van der Waals surface area contributed by atoms with Crippen molar-refractivity contribution in [3.05, 3.63) is 64.1 Å². The largest absolute Gasteiger partial charge is 0.342 e. The Morgan fingerprint density at radius 3 is 2.67 bits per heavy atom. The van der Waals surface area contributed by atoms with Crippen LogP contribution in [0.3, 0.4) is 0 Å². The molecular formula is C18H17BrFN3O. The van der Waals surface area contributed by atoms with Gasteiger partial charge in [0.15, 0.2) is 0 Å². The summed E-state index contributed by atoms with van der Waals surface area (Å²) >= 11 is 3.19. The van der Waals surface area contributed by atoms with Gasteiger partial charge < -0.3 is 10.3 Å². The molecule has 3 aromatic rings. The Bertz CT molecular complexity index is 858. The first kappa shape index (κ1) is 16.6. The summed E-state index contributed by atoms with van der Waals surface area (Å²) in [4.78, 5) is 20.2. The van der Waals surface area contributed by atoms with Gasteiger partial charge in [0.1, 0.15) is 11.6 Å². The Balaban J connectivity index is 1.90. The summed E-state index contributed by atoms with van der Waals surface area (Å²) in [5.74, 6) is -0.266. The number of carbonyl (C=O) groups is 1. The molecule has 0 aliphatic carbocycles. The van der Waals surface area contributed by atoms with Crippen LogP contribution in [-0.2, 0) is 0 Å². The van der Waals surface area contributed by atoms with E-state index in [0.717, 1.165) is 11.0 Å². The molecule has 24 heavy (non-hydrogen) atoms. The molecule has 2 N–H and O–H groups in total. The first-order valence-corrected chi connectivity index (χ1v) is 8.45. The van der Waals surface area contributed by atoms with Crippen molar-refractivity contribution in [1.82, 2.24) is 15.3 Å². The number of carbonyl (C=O) groups excluding carboxylic acids is 1. The highest BCUT2D eigenvalue weighted by Gasteiger charge is 2.23. The molecule has 6 heteroatoms. The molecule has 0 saturated heterocycles. The maximum Gasteiger partial charge on any atom is 0.254 e. The van der Waals surface area contributed by atoms with E-state index in [9.17, 15) is 9.18 Å². The molecule has 3 rings (SSSR count). The maximum atomic E-state index is 14.0. The number of rotatable bonds is 4. The number of fused-ring (bicyclic) bond motifs is 1. The first-order chi connectivity index (χ1) is 11.5. The number of halogens is 2. The fraction of sp³-hybridized carbons (Fsp3) is 0.222. The number of para-hydroxylation sites is 2. The molecule has 0 saturated carbocycles. The third-order valence-electron chi connectivity index (χ3n) is 3.83. The van der Waals surface area contributed by atoms with Crippen LogP contribution in [0, 0.1) is 11.7 Å². The zero-order chi connectivity index (χ0) is 17.3. The monoisotopic (exact) mass is 389 g/mol. The molecule has 0 aliphatic heterocycles. The molecule has 2 aromatic carbocycles. The van der Waals surface area contributed by atoms with Crippen molar-refractivity contribution in [3.63, 3.8) is 0 Å². The molecule has 0 aliphatic rings. The van der Waals surface area contributed by atoms with Gasteiger partial charge in [0.2, 0.25) is 0 Å². The van der Waals surface area contributed by atoms with Gasteiger partial charge in [-0.15, -0.1) is 0 Å². The molecule has 1 atom stereocenters. The van der Waals surface area contributed by atoms with Crippen LogP contribution in [0.5, 0.6) is 0 Å². The minimum absolute atomic E-state index is 0.0139. The van der Waals surface area contributed by atoms with Gasteiger partial charge >= 0.3 is 0 Å². The highest BCUT2D eigenvalue weighted by Crippen LogP contribution is 2.23. The van der Waals surface area contributed by atoms with Gasteiger partial charge in [-0.3, -0.25) is 4.79 Å². The number of benzene rings is 2. The topological polar surface area (TPSA) is 57.8 Å². The molecule has 4 nitrogen and oxygen atoms in total. The zero-order valence-electron chi connectivity index (χ0n) is 13.3. The lowest BCUT2D eigenvalue weighted by Gasteiger charge is -2.20. The highest BCUT2D eigenvalue weighted by molar-refractivity contribution is 9.10. The van der Waals surface area contributed by atoms with Gasteiger partial charge in [-0.05, 0) is 36.2 Å². The molecule has 0 spiro atoms. The number of H-pyrrole nitrogens is 1. The van der Waals surface area contributed by atoms with Crippen LogP contribution in [0.15, 0.2) is 46.9 Å². The second-order valence-corrected chi connectivity index (χ2v) is 6.87. The van der Waals surface area contributed by atoms with Gasteiger partial charge in [0, 0.05) is 4.47 Å². The van der Waals surface area contributed by atoms with E-state index in [2.05, 4.69) is 31.2 Å². The molecule has 1 amide bonds. The zero-order valence-corrected chi connectivity index (χ0v) is 14.9. The van der Waals surface area contributed by atoms with E-state index in [1.54, 1.807) is 6.07 Å². The van der Waals surface area contributed by atoms with Gasteiger partial charge in [-0.1, -0.05) is 41.9 Å².